The molecule has 1 heterocycles. The lowest BCUT2D eigenvalue weighted by Gasteiger charge is -2.11. The van der Waals surface area contributed by atoms with E-state index in [-0.39, 0.29) is 11.7 Å². The van der Waals surface area contributed by atoms with Gasteiger partial charge in [0, 0.05) is 18.9 Å². The van der Waals surface area contributed by atoms with Gasteiger partial charge in [-0.3, -0.25) is 9.59 Å². The fourth-order valence-corrected chi connectivity index (χ4v) is 2.85. The molecule has 4 heteroatoms. The van der Waals surface area contributed by atoms with Crippen LogP contribution >= 0.6 is 11.3 Å². The number of carbonyl (C=O) groups is 2. The van der Waals surface area contributed by atoms with Gasteiger partial charge in [0.15, 0.2) is 5.78 Å². The van der Waals surface area contributed by atoms with Crippen molar-refractivity contribution >= 4 is 23.0 Å². The maximum absolute atomic E-state index is 11.7. The molecule has 0 spiro atoms. The Balaban J connectivity index is 1.70. The molecule has 0 bridgehead atoms. The molecule has 1 fully saturated rings. The number of ketones is 1. The van der Waals surface area contributed by atoms with Crippen LogP contribution in [-0.4, -0.2) is 17.7 Å². The summed E-state index contributed by atoms with van der Waals surface area (Å²) in [6, 6.07) is 4.01. The average molecular weight is 251 g/mol. The van der Waals surface area contributed by atoms with E-state index in [1.807, 2.05) is 17.5 Å². The zero-order chi connectivity index (χ0) is 12.1. The average Bonchev–Trinajstić information content (AvgIpc) is 2.97. The Hall–Kier alpha value is -1.16. The van der Waals surface area contributed by atoms with Gasteiger partial charge in [0.05, 0.1) is 4.88 Å². The molecular formula is C13H17NO2S. The van der Waals surface area contributed by atoms with Crippen LogP contribution < -0.4 is 5.32 Å². The van der Waals surface area contributed by atoms with E-state index in [9.17, 15) is 9.59 Å². The van der Waals surface area contributed by atoms with Crippen LogP contribution in [0.5, 0.6) is 0 Å². The number of Topliss-reactive ketones (excluding diaryl/α,β-unsaturated/α-hetero) is 1. The molecule has 1 saturated carbocycles. The van der Waals surface area contributed by atoms with E-state index in [1.54, 1.807) is 0 Å². The van der Waals surface area contributed by atoms with Crippen molar-refractivity contribution < 1.29 is 9.59 Å². The highest BCUT2D eigenvalue weighted by Crippen LogP contribution is 2.18. The number of hydrogen-bond acceptors (Lipinski definition) is 3. The maximum atomic E-state index is 11.7. The molecule has 1 aliphatic rings. The van der Waals surface area contributed by atoms with E-state index in [2.05, 4.69) is 5.32 Å². The molecular weight excluding hydrogens is 234 g/mol. The van der Waals surface area contributed by atoms with Crippen LogP contribution in [0, 0.1) is 0 Å². The molecule has 1 aromatic heterocycles. The standard InChI is InChI=1S/C13H17NO2S/c15-11(12-6-3-9-17-12)7-8-13(16)14-10-4-1-2-5-10/h3,6,9-10H,1-2,4-5,7-8H2,(H,14,16). The van der Waals surface area contributed by atoms with Crippen LogP contribution in [0.4, 0.5) is 0 Å². The van der Waals surface area contributed by atoms with Gasteiger partial charge in [-0.1, -0.05) is 18.9 Å². The number of rotatable bonds is 5. The van der Waals surface area contributed by atoms with Crippen LogP contribution in [0.2, 0.25) is 0 Å². The largest absolute Gasteiger partial charge is 0.353 e. The first-order valence-electron chi connectivity index (χ1n) is 6.12. The van der Waals surface area contributed by atoms with Gasteiger partial charge in [-0.05, 0) is 24.3 Å². The van der Waals surface area contributed by atoms with Gasteiger partial charge in [-0.15, -0.1) is 11.3 Å². The molecule has 1 amide bonds. The van der Waals surface area contributed by atoms with Crippen molar-refractivity contribution in [3.8, 4) is 0 Å². The van der Waals surface area contributed by atoms with Crippen molar-refractivity contribution in [1.29, 1.82) is 0 Å². The summed E-state index contributed by atoms with van der Waals surface area (Å²) in [5.74, 6) is 0.0865. The Morgan fingerprint density at radius 1 is 1.29 bits per heavy atom. The van der Waals surface area contributed by atoms with Crippen molar-refractivity contribution in [2.75, 3.05) is 0 Å². The summed E-state index contributed by atoms with van der Waals surface area (Å²) in [7, 11) is 0. The highest BCUT2D eigenvalue weighted by molar-refractivity contribution is 7.12. The number of nitrogens with one attached hydrogen (secondary N) is 1. The van der Waals surface area contributed by atoms with Crippen LogP contribution in [0.1, 0.15) is 48.2 Å². The van der Waals surface area contributed by atoms with E-state index in [1.165, 1.54) is 24.2 Å². The highest BCUT2D eigenvalue weighted by atomic mass is 32.1. The first-order valence-corrected chi connectivity index (χ1v) is 7.00. The van der Waals surface area contributed by atoms with E-state index in [4.69, 9.17) is 0 Å². The second-order valence-electron chi connectivity index (χ2n) is 4.45. The first-order chi connectivity index (χ1) is 8.25. The highest BCUT2D eigenvalue weighted by Gasteiger charge is 2.17. The normalized spacial score (nSPS) is 16.0. The number of thiophene rings is 1. The van der Waals surface area contributed by atoms with Crippen molar-refractivity contribution in [2.45, 2.75) is 44.6 Å². The molecule has 0 unspecified atom stereocenters. The Bertz CT molecular complexity index is 380. The minimum Gasteiger partial charge on any atom is -0.353 e. The molecule has 17 heavy (non-hydrogen) atoms. The number of carbonyl (C=O) groups excluding carboxylic acids is 2. The maximum Gasteiger partial charge on any atom is 0.220 e. The van der Waals surface area contributed by atoms with Gasteiger partial charge >= 0.3 is 0 Å². The van der Waals surface area contributed by atoms with E-state index in [0.29, 0.717) is 18.9 Å². The molecule has 0 aliphatic heterocycles. The predicted octanol–water partition coefficient (Wildman–Crippen LogP) is 2.77. The van der Waals surface area contributed by atoms with Crippen LogP contribution in [-0.2, 0) is 4.79 Å². The zero-order valence-electron chi connectivity index (χ0n) is 9.78. The quantitative estimate of drug-likeness (QED) is 0.818. The summed E-state index contributed by atoms with van der Waals surface area (Å²) in [6.45, 7) is 0. The van der Waals surface area contributed by atoms with Crippen LogP contribution in [0.3, 0.4) is 0 Å². The zero-order valence-corrected chi connectivity index (χ0v) is 10.6. The van der Waals surface area contributed by atoms with E-state index < -0.39 is 0 Å². The van der Waals surface area contributed by atoms with Crippen molar-refractivity contribution in [3.05, 3.63) is 22.4 Å². The summed E-state index contributed by atoms with van der Waals surface area (Å²) in [5.41, 5.74) is 0. The predicted molar refractivity (Wildman–Crippen MR) is 68.3 cm³/mol. The lowest BCUT2D eigenvalue weighted by molar-refractivity contribution is -0.121. The second kappa shape index (κ2) is 5.96. The van der Waals surface area contributed by atoms with Gasteiger partial charge in [0.25, 0.3) is 0 Å². The summed E-state index contributed by atoms with van der Waals surface area (Å²) in [6.07, 6.45) is 5.22. The van der Waals surface area contributed by atoms with Gasteiger partial charge in [-0.2, -0.15) is 0 Å². The van der Waals surface area contributed by atoms with Crippen LogP contribution in [0.15, 0.2) is 17.5 Å². The van der Waals surface area contributed by atoms with Gasteiger partial charge in [-0.25, -0.2) is 0 Å². The van der Waals surface area contributed by atoms with Crippen LogP contribution in [0.25, 0.3) is 0 Å². The molecule has 2 rings (SSSR count). The van der Waals surface area contributed by atoms with E-state index >= 15 is 0 Å². The lowest BCUT2D eigenvalue weighted by atomic mass is 10.1. The SMILES string of the molecule is O=C(CCC(=O)c1cccs1)NC1CCCC1. The topological polar surface area (TPSA) is 46.2 Å². The Kier molecular flexibility index (Phi) is 4.31. The third-order valence-electron chi connectivity index (χ3n) is 3.10. The fourth-order valence-electron chi connectivity index (χ4n) is 2.16. The number of amides is 1. The second-order valence-corrected chi connectivity index (χ2v) is 5.40. The summed E-state index contributed by atoms with van der Waals surface area (Å²) >= 11 is 1.43. The third kappa shape index (κ3) is 3.66. The Labute approximate surface area is 105 Å². The van der Waals surface area contributed by atoms with Crippen molar-refractivity contribution in [2.24, 2.45) is 0 Å². The smallest absolute Gasteiger partial charge is 0.220 e. The Morgan fingerprint density at radius 3 is 2.71 bits per heavy atom. The minimum atomic E-state index is 0.0156. The summed E-state index contributed by atoms with van der Waals surface area (Å²) < 4.78 is 0. The molecule has 92 valence electrons. The molecule has 0 atom stereocenters. The molecule has 1 aromatic rings. The molecule has 1 N–H and O–H groups in total. The van der Waals surface area contributed by atoms with Crippen molar-refractivity contribution in [3.63, 3.8) is 0 Å². The number of hydrogen-bond donors (Lipinski definition) is 1. The molecule has 3 nitrogen and oxygen atoms in total. The third-order valence-corrected chi connectivity index (χ3v) is 4.01. The van der Waals surface area contributed by atoms with Gasteiger partial charge < -0.3 is 5.32 Å². The van der Waals surface area contributed by atoms with Gasteiger partial charge in [0.2, 0.25) is 5.91 Å². The monoisotopic (exact) mass is 251 g/mol. The molecule has 0 aromatic carbocycles. The lowest BCUT2D eigenvalue weighted by Crippen LogP contribution is -2.32. The molecule has 1 aliphatic carbocycles. The molecule has 0 radical (unpaired) electrons. The molecule has 0 saturated heterocycles. The fraction of sp³-hybridized carbons (Fsp3) is 0.538. The van der Waals surface area contributed by atoms with E-state index in [0.717, 1.165) is 17.7 Å². The minimum absolute atomic E-state index is 0.0156. The Morgan fingerprint density at radius 2 is 2.06 bits per heavy atom. The summed E-state index contributed by atoms with van der Waals surface area (Å²) in [4.78, 5) is 24.0. The van der Waals surface area contributed by atoms with Crippen molar-refractivity contribution in [1.82, 2.24) is 5.32 Å². The summed E-state index contributed by atoms with van der Waals surface area (Å²) in [5, 5.41) is 4.87. The van der Waals surface area contributed by atoms with Gasteiger partial charge in [0.1, 0.15) is 0 Å². The first kappa shape index (κ1) is 12.3.